The minimum Gasteiger partial charge on any atom is -0.465 e. The summed E-state index contributed by atoms with van der Waals surface area (Å²) in [6, 6.07) is -0.177. The lowest BCUT2D eigenvalue weighted by atomic mass is 10.0. The molecule has 2 N–H and O–H groups in total. The third-order valence-electron chi connectivity index (χ3n) is 2.83. The first-order chi connectivity index (χ1) is 8.77. The number of amides is 1. The van der Waals surface area contributed by atoms with Gasteiger partial charge in [0.15, 0.2) is 0 Å². The molecule has 0 saturated carbocycles. The van der Waals surface area contributed by atoms with Gasteiger partial charge >= 0.3 is 5.97 Å². The van der Waals surface area contributed by atoms with Gasteiger partial charge in [-0.05, 0) is 18.8 Å². The van der Waals surface area contributed by atoms with Crippen LogP contribution in [0.1, 0.15) is 41.0 Å². The first-order valence-corrected chi connectivity index (χ1v) is 6.96. The fourth-order valence-corrected chi connectivity index (χ4v) is 1.62. The average Bonchev–Trinajstić information content (AvgIpc) is 2.27. The molecule has 0 aromatic rings. The van der Waals surface area contributed by atoms with Crippen LogP contribution in [0.4, 0.5) is 0 Å². The van der Waals surface area contributed by atoms with Crippen LogP contribution >= 0.6 is 0 Å². The Morgan fingerprint density at radius 1 is 1.21 bits per heavy atom. The minimum absolute atomic E-state index is 0.00959. The number of nitrogens with zero attached hydrogens (tertiary/aromatic N) is 1. The number of hydrogen-bond acceptors (Lipinski definition) is 4. The van der Waals surface area contributed by atoms with Crippen LogP contribution in [-0.4, -0.2) is 42.5 Å². The Labute approximate surface area is 116 Å². The van der Waals surface area contributed by atoms with Gasteiger partial charge in [0.25, 0.3) is 0 Å². The van der Waals surface area contributed by atoms with E-state index in [-0.39, 0.29) is 36.8 Å². The number of hydrogen-bond donors (Lipinski definition) is 1. The number of ether oxygens (including phenoxy) is 1. The molecule has 0 aliphatic heterocycles. The molecule has 1 unspecified atom stereocenters. The van der Waals surface area contributed by atoms with Crippen LogP contribution < -0.4 is 5.73 Å². The molecule has 5 heteroatoms. The van der Waals surface area contributed by atoms with Gasteiger partial charge in [0, 0.05) is 19.0 Å². The molecule has 0 aliphatic rings. The normalized spacial score (nSPS) is 12.6. The molecule has 19 heavy (non-hydrogen) atoms. The van der Waals surface area contributed by atoms with Crippen molar-refractivity contribution in [3.63, 3.8) is 0 Å². The molecular formula is C14H28N2O3. The quantitative estimate of drug-likeness (QED) is 0.678. The zero-order valence-electron chi connectivity index (χ0n) is 12.8. The molecule has 112 valence electrons. The molecule has 0 rings (SSSR count). The number of esters is 1. The van der Waals surface area contributed by atoms with E-state index in [1.807, 2.05) is 27.7 Å². The van der Waals surface area contributed by atoms with Crippen LogP contribution in [0.25, 0.3) is 0 Å². The first-order valence-electron chi connectivity index (χ1n) is 6.96. The van der Waals surface area contributed by atoms with Crippen molar-refractivity contribution in [2.75, 3.05) is 19.7 Å². The highest BCUT2D eigenvalue weighted by Gasteiger charge is 2.22. The van der Waals surface area contributed by atoms with E-state index in [1.54, 1.807) is 11.8 Å². The summed E-state index contributed by atoms with van der Waals surface area (Å²) in [7, 11) is 0. The van der Waals surface area contributed by atoms with Crippen LogP contribution in [0.5, 0.6) is 0 Å². The van der Waals surface area contributed by atoms with E-state index in [2.05, 4.69) is 0 Å². The number of carbonyl (C=O) groups is 2. The molecule has 0 spiro atoms. The number of carbonyl (C=O) groups excluding carboxylic acids is 2. The van der Waals surface area contributed by atoms with Gasteiger partial charge in [-0.25, -0.2) is 0 Å². The predicted molar refractivity (Wildman–Crippen MR) is 75.5 cm³/mol. The maximum atomic E-state index is 12.2. The van der Waals surface area contributed by atoms with Crippen LogP contribution in [-0.2, 0) is 14.3 Å². The standard InChI is InChI=1S/C14H28N2O3/c1-6-19-14(18)9-16(8-10(2)3)13(17)7-12(15)11(4)5/h10-12H,6-9,15H2,1-5H3. The lowest BCUT2D eigenvalue weighted by Gasteiger charge is -2.26. The maximum Gasteiger partial charge on any atom is 0.325 e. The summed E-state index contributed by atoms with van der Waals surface area (Å²) in [6.07, 6.45) is 0.268. The summed E-state index contributed by atoms with van der Waals surface area (Å²) >= 11 is 0. The molecule has 0 aromatic heterocycles. The van der Waals surface area contributed by atoms with Gasteiger partial charge in [-0.15, -0.1) is 0 Å². The Hall–Kier alpha value is -1.10. The van der Waals surface area contributed by atoms with Crippen LogP contribution in [0, 0.1) is 11.8 Å². The van der Waals surface area contributed by atoms with E-state index < -0.39 is 0 Å². The fourth-order valence-electron chi connectivity index (χ4n) is 1.62. The maximum absolute atomic E-state index is 12.2. The van der Waals surface area contributed by atoms with Gasteiger partial charge in [0.1, 0.15) is 6.54 Å². The largest absolute Gasteiger partial charge is 0.465 e. The summed E-state index contributed by atoms with van der Waals surface area (Å²) in [5.41, 5.74) is 5.91. The smallest absolute Gasteiger partial charge is 0.325 e. The van der Waals surface area contributed by atoms with Crippen LogP contribution in [0.2, 0.25) is 0 Å². The summed E-state index contributed by atoms with van der Waals surface area (Å²) in [6.45, 7) is 10.6. The second-order valence-corrected chi connectivity index (χ2v) is 5.59. The van der Waals surface area contributed by atoms with Crippen molar-refractivity contribution < 1.29 is 14.3 Å². The van der Waals surface area contributed by atoms with Crippen molar-refractivity contribution in [1.29, 1.82) is 0 Å². The fraction of sp³-hybridized carbons (Fsp3) is 0.857. The van der Waals surface area contributed by atoms with E-state index in [4.69, 9.17) is 10.5 Å². The summed E-state index contributed by atoms with van der Waals surface area (Å²) in [5, 5.41) is 0. The van der Waals surface area contributed by atoms with Gasteiger partial charge in [-0.3, -0.25) is 9.59 Å². The Balaban J connectivity index is 4.55. The highest BCUT2D eigenvalue weighted by atomic mass is 16.5. The lowest BCUT2D eigenvalue weighted by Crippen LogP contribution is -2.42. The molecule has 0 radical (unpaired) electrons. The SMILES string of the molecule is CCOC(=O)CN(CC(C)C)C(=O)CC(N)C(C)C. The van der Waals surface area contributed by atoms with Crippen molar-refractivity contribution in [2.45, 2.75) is 47.1 Å². The van der Waals surface area contributed by atoms with Gasteiger partial charge < -0.3 is 15.4 Å². The Morgan fingerprint density at radius 2 is 1.79 bits per heavy atom. The zero-order valence-corrected chi connectivity index (χ0v) is 12.8. The second kappa shape index (κ2) is 8.91. The van der Waals surface area contributed by atoms with E-state index in [1.165, 1.54) is 0 Å². The molecule has 0 saturated heterocycles. The molecule has 1 amide bonds. The first kappa shape index (κ1) is 17.9. The Kier molecular flexibility index (Phi) is 8.39. The Bertz CT molecular complexity index is 290. The molecule has 1 atom stereocenters. The lowest BCUT2D eigenvalue weighted by molar-refractivity contribution is -0.149. The van der Waals surface area contributed by atoms with E-state index in [0.29, 0.717) is 19.1 Å². The van der Waals surface area contributed by atoms with E-state index >= 15 is 0 Å². The minimum atomic E-state index is -0.366. The topological polar surface area (TPSA) is 72.6 Å². The average molecular weight is 272 g/mol. The van der Waals surface area contributed by atoms with Gasteiger partial charge in [0.2, 0.25) is 5.91 Å². The van der Waals surface area contributed by atoms with Crippen LogP contribution in [0.3, 0.4) is 0 Å². The third-order valence-corrected chi connectivity index (χ3v) is 2.83. The summed E-state index contributed by atoms with van der Waals surface area (Å²) < 4.78 is 4.89. The molecule has 0 bridgehead atoms. The second-order valence-electron chi connectivity index (χ2n) is 5.59. The molecule has 0 aliphatic carbocycles. The molecule has 0 heterocycles. The predicted octanol–water partition coefficient (Wildman–Crippen LogP) is 1.41. The third kappa shape index (κ3) is 7.82. The van der Waals surface area contributed by atoms with Gasteiger partial charge in [-0.2, -0.15) is 0 Å². The summed E-state index contributed by atoms with van der Waals surface area (Å²) in [4.78, 5) is 25.2. The van der Waals surface area contributed by atoms with Gasteiger partial charge in [0.05, 0.1) is 6.61 Å². The van der Waals surface area contributed by atoms with Crippen molar-refractivity contribution in [3.8, 4) is 0 Å². The molecule has 5 nitrogen and oxygen atoms in total. The Morgan fingerprint density at radius 3 is 2.21 bits per heavy atom. The number of rotatable bonds is 8. The highest BCUT2D eigenvalue weighted by molar-refractivity contribution is 5.82. The van der Waals surface area contributed by atoms with Crippen molar-refractivity contribution in [3.05, 3.63) is 0 Å². The monoisotopic (exact) mass is 272 g/mol. The van der Waals surface area contributed by atoms with E-state index in [9.17, 15) is 9.59 Å². The molecule has 0 fully saturated rings. The van der Waals surface area contributed by atoms with Crippen molar-refractivity contribution in [2.24, 2.45) is 17.6 Å². The molecule has 0 aromatic carbocycles. The van der Waals surface area contributed by atoms with Crippen LogP contribution in [0.15, 0.2) is 0 Å². The zero-order chi connectivity index (χ0) is 15.0. The van der Waals surface area contributed by atoms with Crippen molar-refractivity contribution in [1.82, 2.24) is 4.90 Å². The highest BCUT2D eigenvalue weighted by Crippen LogP contribution is 2.08. The van der Waals surface area contributed by atoms with Gasteiger partial charge in [-0.1, -0.05) is 27.7 Å². The van der Waals surface area contributed by atoms with Crippen molar-refractivity contribution >= 4 is 11.9 Å². The van der Waals surface area contributed by atoms with E-state index in [0.717, 1.165) is 0 Å². The molecular weight excluding hydrogens is 244 g/mol. The number of nitrogens with two attached hydrogens (primary N) is 1. The summed E-state index contributed by atoms with van der Waals surface area (Å²) in [5.74, 6) is 0.0960.